The maximum Gasteiger partial charge on any atom is 0.165 e. The molecule has 0 amide bonds. The van der Waals surface area contributed by atoms with E-state index >= 15 is 0 Å². The molecule has 2 aromatic rings. The fraction of sp³-hybridized carbons (Fsp3) is 0.143. The molecule has 0 aliphatic carbocycles. The monoisotopic (exact) mass is 181 g/mol. The van der Waals surface area contributed by atoms with Gasteiger partial charge in [0.1, 0.15) is 6.26 Å². The molecule has 0 saturated carbocycles. The van der Waals surface area contributed by atoms with Crippen LogP contribution in [0.5, 0.6) is 0 Å². The third kappa shape index (κ3) is 1.68. The molecule has 2 rings (SSSR count). The Bertz CT molecular complexity index is 282. The molecule has 0 aromatic carbocycles. The van der Waals surface area contributed by atoms with E-state index in [1.807, 2.05) is 6.07 Å². The van der Waals surface area contributed by atoms with Crippen LogP contribution in [0.3, 0.4) is 0 Å². The van der Waals surface area contributed by atoms with E-state index in [9.17, 15) is 0 Å². The van der Waals surface area contributed by atoms with Crippen molar-refractivity contribution in [2.24, 2.45) is 0 Å². The number of nitrogens with one attached hydrogen (secondary N) is 1. The molecular formula is C7H7N3OS. The fourth-order valence-corrected chi connectivity index (χ4v) is 1.50. The Balaban J connectivity index is 1.91. The molecular weight excluding hydrogens is 174 g/mol. The van der Waals surface area contributed by atoms with Crippen LogP contribution in [0, 0.1) is 0 Å². The van der Waals surface area contributed by atoms with Gasteiger partial charge >= 0.3 is 0 Å². The second-order valence-corrected chi connectivity index (χ2v) is 3.14. The minimum Gasteiger partial charge on any atom is -0.364 e. The number of aromatic nitrogens is 3. The van der Waals surface area contributed by atoms with Crippen molar-refractivity contribution < 1.29 is 4.52 Å². The molecule has 0 atom stereocenters. The highest BCUT2D eigenvalue weighted by atomic mass is 32.2. The van der Waals surface area contributed by atoms with Gasteiger partial charge in [-0.3, -0.25) is 0 Å². The topological polar surface area (TPSA) is 54.7 Å². The standard InChI is InChI=1S/C7H7N3OS/c1-4-11-10-6(1)5-12-7-8-2-3-9-7/h1-4H,5H2,(H,8,9). The first-order chi connectivity index (χ1) is 5.95. The maximum absolute atomic E-state index is 4.69. The van der Waals surface area contributed by atoms with Gasteiger partial charge in [0, 0.05) is 24.2 Å². The molecule has 0 aliphatic rings. The third-order valence-electron chi connectivity index (χ3n) is 1.32. The van der Waals surface area contributed by atoms with Gasteiger partial charge in [0.15, 0.2) is 5.16 Å². The van der Waals surface area contributed by atoms with E-state index in [1.54, 1.807) is 30.4 Å². The minimum absolute atomic E-state index is 0.782. The lowest BCUT2D eigenvalue weighted by atomic mass is 10.5. The Morgan fingerprint density at radius 2 is 2.58 bits per heavy atom. The van der Waals surface area contributed by atoms with Crippen molar-refractivity contribution in [3.63, 3.8) is 0 Å². The van der Waals surface area contributed by atoms with E-state index < -0.39 is 0 Å². The second kappa shape index (κ2) is 3.44. The molecule has 0 aliphatic heterocycles. The van der Waals surface area contributed by atoms with Crippen LogP contribution in [0.15, 0.2) is 34.4 Å². The molecule has 5 heteroatoms. The highest BCUT2D eigenvalue weighted by Gasteiger charge is 1.99. The van der Waals surface area contributed by atoms with Gasteiger partial charge in [0.2, 0.25) is 0 Å². The molecule has 12 heavy (non-hydrogen) atoms. The van der Waals surface area contributed by atoms with E-state index in [0.29, 0.717) is 0 Å². The van der Waals surface area contributed by atoms with E-state index in [4.69, 9.17) is 4.52 Å². The SMILES string of the molecule is c1c[nH]c(SCc2ccon2)n1. The summed E-state index contributed by atoms with van der Waals surface area (Å²) in [5.74, 6) is 0.782. The fourth-order valence-electron chi connectivity index (χ4n) is 0.784. The Kier molecular flexibility index (Phi) is 2.13. The number of H-pyrrole nitrogens is 1. The van der Waals surface area contributed by atoms with E-state index in [2.05, 4.69) is 15.1 Å². The molecule has 0 unspecified atom stereocenters. The summed E-state index contributed by atoms with van der Waals surface area (Å²) in [6.07, 6.45) is 5.09. The number of hydrogen-bond donors (Lipinski definition) is 1. The predicted molar refractivity (Wildman–Crippen MR) is 44.7 cm³/mol. The van der Waals surface area contributed by atoms with E-state index in [0.717, 1.165) is 16.6 Å². The van der Waals surface area contributed by atoms with E-state index in [-0.39, 0.29) is 0 Å². The molecule has 62 valence electrons. The van der Waals surface area contributed by atoms with Crippen LogP contribution in [0.4, 0.5) is 0 Å². The van der Waals surface area contributed by atoms with Crippen molar-refractivity contribution in [3.05, 3.63) is 30.4 Å². The smallest absolute Gasteiger partial charge is 0.165 e. The van der Waals surface area contributed by atoms with Crippen molar-refractivity contribution in [1.29, 1.82) is 0 Å². The van der Waals surface area contributed by atoms with E-state index in [1.165, 1.54) is 0 Å². The zero-order valence-electron chi connectivity index (χ0n) is 6.23. The molecule has 0 fully saturated rings. The van der Waals surface area contributed by atoms with Crippen molar-refractivity contribution in [3.8, 4) is 0 Å². The molecule has 0 saturated heterocycles. The molecule has 0 bridgehead atoms. The van der Waals surface area contributed by atoms with Crippen LogP contribution in [0.25, 0.3) is 0 Å². The number of nitrogens with zero attached hydrogens (tertiary/aromatic N) is 2. The Morgan fingerprint density at radius 3 is 3.25 bits per heavy atom. The highest BCUT2D eigenvalue weighted by Crippen LogP contribution is 2.16. The van der Waals surface area contributed by atoms with Gasteiger partial charge in [-0.25, -0.2) is 4.98 Å². The van der Waals surface area contributed by atoms with Gasteiger partial charge in [-0.05, 0) is 0 Å². The van der Waals surface area contributed by atoms with Gasteiger partial charge in [-0.2, -0.15) is 0 Å². The second-order valence-electron chi connectivity index (χ2n) is 2.17. The van der Waals surface area contributed by atoms with Crippen LogP contribution in [-0.4, -0.2) is 15.1 Å². The van der Waals surface area contributed by atoms with Crippen molar-refractivity contribution in [2.75, 3.05) is 0 Å². The minimum atomic E-state index is 0.782. The molecule has 0 radical (unpaired) electrons. The van der Waals surface area contributed by atoms with Crippen molar-refractivity contribution in [2.45, 2.75) is 10.9 Å². The summed E-state index contributed by atoms with van der Waals surface area (Å²) in [5, 5.41) is 4.68. The van der Waals surface area contributed by atoms with Crippen molar-refractivity contribution >= 4 is 11.8 Å². The Hall–Kier alpha value is -1.23. The number of aromatic amines is 1. The number of thioether (sulfide) groups is 1. The van der Waals surface area contributed by atoms with Crippen LogP contribution in [-0.2, 0) is 5.75 Å². The van der Waals surface area contributed by atoms with Gasteiger partial charge in [0.25, 0.3) is 0 Å². The molecule has 0 spiro atoms. The van der Waals surface area contributed by atoms with Gasteiger partial charge in [0.05, 0.1) is 5.69 Å². The normalized spacial score (nSPS) is 10.3. The van der Waals surface area contributed by atoms with Crippen LogP contribution >= 0.6 is 11.8 Å². The zero-order valence-corrected chi connectivity index (χ0v) is 7.04. The van der Waals surface area contributed by atoms with Gasteiger partial charge in [-0.15, -0.1) is 0 Å². The Labute approximate surface area is 73.4 Å². The molecule has 1 N–H and O–H groups in total. The number of rotatable bonds is 3. The lowest BCUT2D eigenvalue weighted by Crippen LogP contribution is -1.80. The quantitative estimate of drug-likeness (QED) is 0.732. The maximum atomic E-state index is 4.69. The Morgan fingerprint density at radius 1 is 1.58 bits per heavy atom. The van der Waals surface area contributed by atoms with Crippen molar-refractivity contribution in [1.82, 2.24) is 15.1 Å². The number of imidazole rings is 1. The third-order valence-corrected chi connectivity index (χ3v) is 2.26. The molecule has 2 heterocycles. The first kappa shape index (κ1) is 7.42. The van der Waals surface area contributed by atoms with Crippen LogP contribution in [0.2, 0.25) is 0 Å². The lowest BCUT2D eigenvalue weighted by molar-refractivity contribution is 0.414. The summed E-state index contributed by atoms with van der Waals surface area (Å²) in [6, 6.07) is 1.84. The summed E-state index contributed by atoms with van der Waals surface area (Å²) < 4.78 is 4.69. The summed E-state index contributed by atoms with van der Waals surface area (Å²) in [4.78, 5) is 7.06. The van der Waals surface area contributed by atoms with Gasteiger partial charge < -0.3 is 9.51 Å². The largest absolute Gasteiger partial charge is 0.364 e. The van der Waals surface area contributed by atoms with Gasteiger partial charge in [-0.1, -0.05) is 16.9 Å². The summed E-state index contributed by atoms with van der Waals surface area (Å²) in [5.41, 5.74) is 0.927. The molecule has 2 aromatic heterocycles. The predicted octanol–water partition coefficient (Wildman–Crippen LogP) is 1.69. The summed E-state index contributed by atoms with van der Waals surface area (Å²) in [7, 11) is 0. The highest BCUT2D eigenvalue weighted by molar-refractivity contribution is 7.98. The van der Waals surface area contributed by atoms with Crippen LogP contribution < -0.4 is 0 Å². The van der Waals surface area contributed by atoms with Crippen LogP contribution in [0.1, 0.15) is 5.69 Å². The summed E-state index contributed by atoms with van der Waals surface area (Å²) >= 11 is 1.60. The molecule has 4 nitrogen and oxygen atoms in total. The average molecular weight is 181 g/mol. The lowest BCUT2D eigenvalue weighted by Gasteiger charge is -1.90. The summed E-state index contributed by atoms with van der Waals surface area (Å²) in [6.45, 7) is 0. The average Bonchev–Trinajstić information content (AvgIpc) is 2.74. The first-order valence-electron chi connectivity index (χ1n) is 3.46. The first-order valence-corrected chi connectivity index (χ1v) is 4.45. The number of hydrogen-bond acceptors (Lipinski definition) is 4. The zero-order chi connectivity index (χ0) is 8.23.